The van der Waals surface area contributed by atoms with Gasteiger partial charge >= 0.3 is 6.03 Å². The molecule has 1 saturated carbocycles. The van der Waals surface area contributed by atoms with E-state index in [1.807, 2.05) is 0 Å². The first kappa shape index (κ1) is 13.2. The molecule has 6 nitrogen and oxygen atoms in total. The molecule has 100 valence electrons. The molecule has 1 N–H and O–H groups in total. The number of nitrogens with one attached hydrogen (secondary N) is 1. The van der Waals surface area contributed by atoms with E-state index in [1.54, 1.807) is 6.26 Å². The fourth-order valence-corrected chi connectivity index (χ4v) is 2.87. The third kappa shape index (κ3) is 2.07. The van der Waals surface area contributed by atoms with Crippen LogP contribution in [0, 0.1) is 5.41 Å². The summed E-state index contributed by atoms with van der Waals surface area (Å²) >= 11 is 0. The lowest BCUT2D eigenvalue weighted by atomic mass is 9.66. The van der Waals surface area contributed by atoms with Crippen LogP contribution in [0.4, 0.5) is 4.79 Å². The number of barbiturate groups is 1. The second-order valence-electron chi connectivity index (χ2n) is 4.78. The molecule has 1 saturated heterocycles. The average molecular weight is 272 g/mol. The molecule has 2 aliphatic rings. The number of carbonyl (C=O) groups is 3. The minimum Gasteiger partial charge on any atom is -0.277 e. The predicted molar refractivity (Wildman–Crippen MR) is 65.1 cm³/mol. The SMILES string of the molecule is CS(=O)CCCN1C(=O)NC(=O)C2(CCC2)C1=O. The monoisotopic (exact) mass is 272 g/mol. The molecule has 2 fully saturated rings. The van der Waals surface area contributed by atoms with Crippen molar-refractivity contribution >= 4 is 28.6 Å². The molecule has 1 unspecified atom stereocenters. The van der Waals surface area contributed by atoms with Gasteiger partial charge in [0.25, 0.3) is 0 Å². The predicted octanol–water partition coefficient (Wildman–Crippen LogP) is 0.00370. The maximum Gasteiger partial charge on any atom is 0.330 e. The minimum atomic E-state index is -1.00. The maximum atomic E-state index is 12.2. The van der Waals surface area contributed by atoms with E-state index in [4.69, 9.17) is 0 Å². The van der Waals surface area contributed by atoms with Gasteiger partial charge in [-0.05, 0) is 19.3 Å². The molecular formula is C11H16N2O4S. The molecule has 0 aromatic rings. The highest BCUT2D eigenvalue weighted by molar-refractivity contribution is 7.84. The molecule has 1 aliphatic heterocycles. The van der Waals surface area contributed by atoms with E-state index in [0.717, 1.165) is 11.3 Å². The fraction of sp³-hybridized carbons (Fsp3) is 0.727. The van der Waals surface area contributed by atoms with Crippen molar-refractivity contribution in [3.05, 3.63) is 0 Å². The van der Waals surface area contributed by atoms with Crippen LogP contribution >= 0.6 is 0 Å². The van der Waals surface area contributed by atoms with Crippen LogP contribution in [0.25, 0.3) is 0 Å². The van der Waals surface area contributed by atoms with Gasteiger partial charge in [-0.1, -0.05) is 6.42 Å². The number of hydrogen-bond donors (Lipinski definition) is 1. The number of nitrogens with zero attached hydrogens (tertiary/aromatic N) is 1. The summed E-state index contributed by atoms with van der Waals surface area (Å²) in [7, 11) is -0.943. The van der Waals surface area contributed by atoms with E-state index in [1.165, 1.54) is 0 Å². The topological polar surface area (TPSA) is 83.6 Å². The zero-order valence-electron chi connectivity index (χ0n) is 10.2. The third-order valence-corrected chi connectivity index (χ3v) is 4.44. The van der Waals surface area contributed by atoms with E-state index in [2.05, 4.69) is 5.32 Å². The van der Waals surface area contributed by atoms with E-state index in [-0.39, 0.29) is 12.5 Å². The second-order valence-corrected chi connectivity index (χ2v) is 6.34. The van der Waals surface area contributed by atoms with E-state index in [9.17, 15) is 18.6 Å². The standard InChI is InChI=1S/C11H16N2O4S/c1-18(17)7-3-6-13-9(15)11(4-2-5-11)8(14)12-10(13)16/h2-7H2,1H3,(H,12,14,16). The quantitative estimate of drug-likeness (QED) is 0.730. The normalized spacial score (nSPS) is 23.8. The van der Waals surface area contributed by atoms with Gasteiger partial charge in [0, 0.05) is 29.4 Å². The first-order valence-electron chi connectivity index (χ1n) is 5.95. The molecule has 2 rings (SSSR count). The van der Waals surface area contributed by atoms with E-state index >= 15 is 0 Å². The zero-order chi connectivity index (χ0) is 13.3. The highest BCUT2D eigenvalue weighted by atomic mass is 32.2. The summed E-state index contributed by atoms with van der Waals surface area (Å²) in [6.07, 6.45) is 3.93. The number of hydrogen-bond acceptors (Lipinski definition) is 4. The van der Waals surface area contributed by atoms with Crippen LogP contribution in [0.3, 0.4) is 0 Å². The van der Waals surface area contributed by atoms with Gasteiger partial charge < -0.3 is 0 Å². The van der Waals surface area contributed by atoms with Crippen molar-refractivity contribution in [1.29, 1.82) is 0 Å². The summed E-state index contributed by atoms with van der Waals surface area (Å²) in [6.45, 7) is 0.222. The number of urea groups is 1. The van der Waals surface area contributed by atoms with Gasteiger partial charge in [-0.2, -0.15) is 0 Å². The lowest BCUT2D eigenvalue weighted by Gasteiger charge is -2.44. The smallest absolute Gasteiger partial charge is 0.277 e. The molecule has 0 bridgehead atoms. The Morgan fingerprint density at radius 3 is 2.50 bits per heavy atom. The summed E-state index contributed by atoms with van der Waals surface area (Å²) in [5.41, 5.74) is -1.00. The Balaban J connectivity index is 2.05. The first-order valence-corrected chi connectivity index (χ1v) is 7.67. The Bertz CT molecular complexity index is 431. The van der Waals surface area contributed by atoms with Crippen molar-refractivity contribution in [2.75, 3.05) is 18.6 Å². The molecule has 1 spiro atoms. The van der Waals surface area contributed by atoms with Crippen LogP contribution in [-0.2, 0) is 20.4 Å². The minimum absolute atomic E-state index is 0.222. The maximum absolute atomic E-state index is 12.2. The average Bonchev–Trinajstić information content (AvgIpc) is 2.20. The zero-order valence-corrected chi connectivity index (χ0v) is 11.0. The Kier molecular flexibility index (Phi) is 3.52. The highest BCUT2D eigenvalue weighted by Gasteiger charge is 2.57. The van der Waals surface area contributed by atoms with E-state index in [0.29, 0.717) is 25.0 Å². The number of rotatable bonds is 4. The van der Waals surface area contributed by atoms with Crippen LogP contribution in [-0.4, -0.2) is 45.5 Å². The molecule has 7 heteroatoms. The molecule has 18 heavy (non-hydrogen) atoms. The van der Waals surface area contributed by atoms with Crippen LogP contribution in [0.2, 0.25) is 0 Å². The molecule has 1 atom stereocenters. The van der Waals surface area contributed by atoms with Crippen LogP contribution in [0.1, 0.15) is 25.7 Å². The molecule has 0 aromatic carbocycles. The highest BCUT2D eigenvalue weighted by Crippen LogP contribution is 2.44. The Morgan fingerprint density at radius 1 is 1.33 bits per heavy atom. The van der Waals surface area contributed by atoms with Crippen molar-refractivity contribution in [1.82, 2.24) is 10.2 Å². The van der Waals surface area contributed by atoms with Gasteiger partial charge in [0.05, 0.1) is 0 Å². The molecular weight excluding hydrogens is 256 g/mol. The summed E-state index contributed by atoms with van der Waals surface area (Å²) < 4.78 is 10.9. The Labute approximate surface area is 108 Å². The summed E-state index contributed by atoms with van der Waals surface area (Å²) in [6, 6.07) is -0.649. The first-order chi connectivity index (χ1) is 8.47. The van der Waals surface area contributed by atoms with Gasteiger partial charge in [0.15, 0.2) is 0 Å². The van der Waals surface area contributed by atoms with Crippen LogP contribution in [0.5, 0.6) is 0 Å². The molecule has 4 amide bonds. The largest absolute Gasteiger partial charge is 0.330 e. The summed E-state index contributed by atoms with van der Waals surface area (Å²) in [5, 5.41) is 2.24. The molecule has 1 aliphatic carbocycles. The lowest BCUT2D eigenvalue weighted by molar-refractivity contribution is -0.157. The van der Waals surface area contributed by atoms with Crippen LogP contribution < -0.4 is 5.32 Å². The van der Waals surface area contributed by atoms with Crippen molar-refractivity contribution in [3.63, 3.8) is 0 Å². The Hall–Kier alpha value is -1.24. The number of amides is 4. The number of carbonyl (C=O) groups excluding carboxylic acids is 3. The van der Waals surface area contributed by atoms with Gasteiger partial charge in [-0.3, -0.25) is 24.0 Å². The summed E-state index contributed by atoms with van der Waals surface area (Å²) in [4.78, 5) is 36.6. The van der Waals surface area contributed by atoms with Gasteiger partial charge in [-0.25, -0.2) is 4.79 Å². The Morgan fingerprint density at radius 2 is 2.00 bits per heavy atom. The van der Waals surface area contributed by atoms with E-state index < -0.39 is 28.2 Å². The second kappa shape index (κ2) is 4.79. The molecule has 0 aromatic heterocycles. The fourth-order valence-electron chi connectivity index (χ4n) is 2.33. The molecule has 0 radical (unpaired) electrons. The van der Waals surface area contributed by atoms with Gasteiger partial charge in [0.1, 0.15) is 5.41 Å². The van der Waals surface area contributed by atoms with Gasteiger partial charge in [0.2, 0.25) is 11.8 Å². The van der Waals surface area contributed by atoms with Crippen molar-refractivity contribution < 1.29 is 18.6 Å². The molecule has 1 heterocycles. The summed E-state index contributed by atoms with van der Waals surface area (Å²) in [5.74, 6) is -0.402. The van der Waals surface area contributed by atoms with Crippen LogP contribution in [0.15, 0.2) is 0 Å². The lowest BCUT2D eigenvalue weighted by Crippen LogP contribution is -2.66. The van der Waals surface area contributed by atoms with Gasteiger partial charge in [-0.15, -0.1) is 0 Å². The van der Waals surface area contributed by atoms with Crippen molar-refractivity contribution in [2.24, 2.45) is 5.41 Å². The third-order valence-electron chi connectivity index (χ3n) is 3.58. The van der Waals surface area contributed by atoms with Crippen molar-refractivity contribution in [3.8, 4) is 0 Å². The number of imide groups is 2. The van der Waals surface area contributed by atoms with Crippen molar-refractivity contribution in [2.45, 2.75) is 25.7 Å².